The first-order valence-corrected chi connectivity index (χ1v) is 15.3. The molecule has 1 saturated carbocycles. The van der Waals surface area contributed by atoms with Crippen molar-refractivity contribution in [2.75, 3.05) is 13.6 Å². The van der Waals surface area contributed by atoms with E-state index in [-0.39, 0.29) is 16.8 Å². The molecule has 1 atom stereocenters. The molecule has 1 aliphatic rings. The Labute approximate surface area is 235 Å². The topological polar surface area (TPSA) is 102 Å². The molecule has 1 unspecified atom stereocenters. The minimum atomic E-state index is -3.81. The van der Waals surface area contributed by atoms with Gasteiger partial charge in [-0.15, -0.1) is 0 Å². The Balaban J connectivity index is 1.30. The van der Waals surface area contributed by atoms with Crippen molar-refractivity contribution in [1.82, 2.24) is 19.6 Å². The second-order valence-electron chi connectivity index (χ2n) is 10.5. The highest BCUT2D eigenvalue weighted by atomic mass is 32.2. The summed E-state index contributed by atoms with van der Waals surface area (Å²) in [5.41, 5.74) is 2.30. The number of hydrogen-bond acceptors (Lipinski definition) is 6. The van der Waals surface area contributed by atoms with E-state index in [2.05, 4.69) is 15.6 Å². The summed E-state index contributed by atoms with van der Waals surface area (Å²) in [5, 5.41) is 6.86. The van der Waals surface area contributed by atoms with Gasteiger partial charge in [0.25, 0.3) is 10.0 Å². The van der Waals surface area contributed by atoms with Gasteiger partial charge in [0.05, 0.1) is 16.3 Å². The van der Waals surface area contributed by atoms with Crippen molar-refractivity contribution >= 4 is 27.0 Å². The van der Waals surface area contributed by atoms with Gasteiger partial charge in [-0.25, -0.2) is 17.4 Å². The van der Waals surface area contributed by atoms with Crippen molar-refractivity contribution < 1.29 is 17.9 Å². The number of hydrogen-bond donors (Lipinski definition) is 2. The summed E-state index contributed by atoms with van der Waals surface area (Å²) in [6.45, 7) is 2.77. The molecule has 0 bridgehead atoms. The van der Waals surface area contributed by atoms with E-state index in [0.717, 1.165) is 17.7 Å². The quantitative estimate of drug-likeness (QED) is 0.276. The molecule has 0 spiro atoms. The largest absolute Gasteiger partial charge is 0.457 e. The molecule has 2 N–H and O–H groups in total. The number of carbonyl (C=O) groups is 1. The van der Waals surface area contributed by atoms with Crippen LogP contribution in [-0.2, 0) is 21.2 Å². The highest BCUT2D eigenvalue weighted by Crippen LogP contribution is 2.31. The summed E-state index contributed by atoms with van der Waals surface area (Å²) < 4.78 is 33.9. The number of aromatic nitrogens is 2. The van der Waals surface area contributed by atoms with E-state index in [1.54, 1.807) is 49.6 Å². The van der Waals surface area contributed by atoms with Crippen LogP contribution in [0.3, 0.4) is 0 Å². The monoisotopic (exact) mass is 560 g/mol. The second kappa shape index (κ2) is 12.2. The van der Waals surface area contributed by atoms with Crippen LogP contribution in [0.1, 0.15) is 43.2 Å². The van der Waals surface area contributed by atoms with E-state index in [0.29, 0.717) is 34.9 Å². The number of ether oxygens (including phenoxy) is 1. The molecule has 8 nitrogen and oxygen atoms in total. The summed E-state index contributed by atoms with van der Waals surface area (Å²) in [4.78, 5) is 17.1. The van der Waals surface area contributed by atoms with Gasteiger partial charge in [-0.2, -0.15) is 0 Å². The highest BCUT2D eigenvalue weighted by molar-refractivity contribution is 7.90. The fraction of sp³-hybridized carbons (Fsp3) is 0.355. The Morgan fingerprint density at radius 1 is 1.02 bits per heavy atom. The summed E-state index contributed by atoms with van der Waals surface area (Å²) in [5.74, 6) is 1.74. The molecule has 4 aromatic rings. The molecule has 2 aromatic heterocycles. The fourth-order valence-corrected chi connectivity index (χ4v) is 6.59. The molecule has 2 aromatic carbocycles. The summed E-state index contributed by atoms with van der Waals surface area (Å²) in [6.07, 6.45) is 9.93. The lowest BCUT2D eigenvalue weighted by Crippen LogP contribution is -2.46. The molecule has 210 valence electrons. The molecule has 0 radical (unpaired) electrons. The van der Waals surface area contributed by atoms with Gasteiger partial charge in [-0.3, -0.25) is 4.79 Å². The van der Waals surface area contributed by atoms with Gasteiger partial charge < -0.3 is 15.4 Å². The normalized spacial score (nSPS) is 15.2. The number of nitrogens with one attached hydrogen (secondary N) is 2. The zero-order valence-electron chi connectivity index (χ0n) is 23.0. The number of pyridine rings is 1. The minimum absolute atomic E-state index is 0.0135. The smallest absolute Gasteiger partial charge is 0.269 e. The molecule has 1 amide bonds. The van der Waals surface area contributed by atoms with Crippen LogP contribution in [0.5, 0.6) is 11.5 Å². The summed E-state index contributed by atoms with van der Waals surface area (Å²) in [6, 6.07) is 17.5. The lowest BCUT2D eigenvalue weighted by atomic mass is 9.89. The van der Waals surface area contributed by atoms with Gasteiger partial charge in [0.2, 0.25) is 5.91 Å². The molecule has 2 heterocycles. The van der Waals surface area contributed by atoms with Crippen LogP contribution >= 0.6 is 0 Å². The second-order valence-corrected chi connectivity index (χ2v) is 12.3. The van der Waals surface area contributed by atoms with E-state index in [1.165, 1.54) is 42.3 Å². The van der Waals surface area contributed by atoms with Gasteiger partial charge in [-0.1, -0.05) is 49.1 Å². The van der Waals surface area contributed by atoms with Crippen molar-refractivity contribution in [2.24, 2.45) is 5.92 Å². The molecular formula is C31H36N4O4S. The van der Waals surface area contributed by atoms with E-state index in [9.17, 15) is 13.2 Å². The number of amides is 1. The highest BCUT2D eigenvalue weighted by Gasteiger charge is 2.22. The standard InChI is InChI=1S/C31H36N4O4S/c1-22-8-14-26(15-9-22)40(37,38)35-19-17-27-29(16-18-33-30(27)35)39-25-12-10-23(11-13-25)20-28(31(36)32-2)34-21-24-6-4-3-5-7-24/h8-19,24,28,34H,3-7,20-21H2,1-2H3,(H,32,36). The average molecular weight is 561 g/mol. The molecule has 1 aliphatic carbocycles. The minimum Gasteiger partial charge on any atom is -0.457 e. The van der Waals surface area contributed by atoms with Crippen molar-refractivity contribution in [1.29, 1.82) is 0 Å². The Hall–Kier alpha value is -3.69. The van der Waals surface area contributed by atoms with E-state index >= 15 is 0 Å². The van der Waals surface area contributed by atoms with Crippen molar-refractivity contribution in [3.05, 3.63) is 84.2 Å². The van der Waals surface area contributed by atoms with Crippen LogP contribution in [0.4, 0.5) is 0 Å². The first-order chi connectivity index (χ1) is 19.3. The number of rotatable bonds is 10. The molecule has 40 heavy (non-hydrogen) atoms. The van der Waals surface area contributed by atoms with Crippen molar-refractivity contribution in [3.63, 3.8) is 0 Å². The van der Waals surface area contributed by atoms with Gasteiger partial charge in [0.1, 0.15) is 11.5 Å². The Morgan fingerprint density at radius 3 is 2.45 bits per heavy atom. The van der Waals surface area contributed by atoms with Crippen LogP contribution in [0.2, 0.25) is 0 Å². The first kappa shape index (κ1) is 27.9. The average Bonchev–Trinajstić information content (AvgIpc) is 3.43. The predicted octanol–water partition coefficient (Wildman–Crippen LogP) is 5.20. The maximum absolute atomic E-state index is 13.3. The van der Waals surface area contributed by atoms with Crippen LogP contribution < -0.4 is 15.4 Å². The SMILES string of the molecule is CNC(=O)C(Cc1ccc(Oc2ccnc3c2ccn3S(=O)(=O)c2ccc(C)cc2)cc1)NCC1CCCCC1. The van der Waals surface area contributed by atoms with E-state index in [1.807, 2.05) is 31.2 Å². The summed E-state index contributed by atoms with van der Waals surface area (Å²) in [7, 11) is -2.14. The molecule has 0 saturated heterocycles. The van der Waals surface area contributed by atoms with Gasteiger partial charge in [0, 0.05) is 19.4 Å². The third kappa shape index (κ3) is 6.21. The van der Waals surface area contributed by atoms with Gasteiger partial charge in [-0.05, 0) is 80.6 Å². The third-order valence-electron chi connectivity index (χ3n) is 7.62. The number of nitrogens with zero attached hydrogens (tertiary/aromatic N) is 2. The van der Waals surface area contributed by atoms with Crippen LogP contribution in [0.25, 0.3) is 11.0 Å². The maximum atomic E-state index is 13.3. The zero-order valence-corrected chi connectivity index (χ0v) is 23.8. The van der Waals surface area contributed by atoms with Gasteiger partial charge >= 0.3 is 0 Å². The number of aryl methyl sites for hydroxylation is 1. The third-order valence-corrected chi connectivity index (χ3v) is 9.30. The number of benzene rings is 2. The van der Waals surface area contributed by atoms with Gasteiger partial charge in [0.15, 0.2) is 5.65 Å². The maximum Gasteiger partial charge on any atom is 0.269 e. The summed E-state index contributed by atoms with van der Waals surface area (Å²) >= 11 is 0. The van der Waals surface area contributed by atoms with Crippen LogP contribution in [0.15, 0.2) is 78.0 Å². The van der Waals surface area contributed by atoms with Crippen LogP contribution in [-0.4, -0.2) is 42.9 Å². The Morgan fingerprint density at radius 2 is 1.75 bits per heavy atom. The van der Waals surface area contributed by atoms with Crippen molar-refractivity contribution in [2.45, 2.75) is 56.4 Å². The first-order valence-electron chi connectivity index (χ1n) is 13.9. The Kier molecular flexibility index (Phi) is 8.52. The van der Waals surface area contributed by atoms with E-state index in [4.69, 9.17) is 4.74 Å². The predicted molar refractivity (Wildman–Crippen MR) is 156 cm³/mol. The lowest BCUT2D eigenvalue weighted by molar-refractivity contribution is -0.122. The van der Waals surface area contributed by atoms with E-state index < -0.39 is 10.0 Å². The molecule has 1 fully saturated rings. The zero-order chi connectivity index (χ0) is 28.1. The molecule has 9 heteroatoms. The fourth-order valence-electron chi connectivity index (χ4n) is 5.29. The van der Waals surface area contributed by atoms with Crippen LogP contribution in [0, 0.1) is 12.8 Å². The Bertz CT molecular complexity index is 1560. The molecule has 0 aliphatic heterocycles. The van der Waals surface area contributed by atoms with Crippen molar-refractivity contribution in [3.8, 4) is 11.5 Å². The number of likely N-dealkylation sites (N-methyl/N-ethyl adjacent to an activating group) is 1. The molecule has 5 rings (SSSR count). The number of fused-ring (bicyclic) bond motifs is 1. The molecular weight excluding hydrogens is 524 g/mol. The number of carbonyl (C=O) groups excluding carboxylic acids is 1. The lowest BCUT2D eigenvalue weighted by Gasteiger charge is -2.25.